The van der Waals surface area contributed by atoms with E-state index in [1.54, 1.807) is 0 Å². The Morgan fingerprint density at radius 3 is 2.36 bits per heavy atom. The van der Waals surface area contributed by atoms with E-state index < -0.39 is 0 Å². The lowest BCUT2D eigenvalue weighted by Crippen LogP contribution is -2.45. The van der Waals surface area contributed by atoms with Gasteiger partial charge in [0.05, 0.1) is 0 Å². The van der Waals surface area contributed by atoms with Gasteiger partial charge in [-0.1, -0.05) is 19.8 Å². The summed E-state index contributed by atoms with van der Waals surface area (Å²) in [6.07, 6.45) is 16.1. The van der Waals surface area contributed by atoms with Gasteiger partial charge in [-0.3, -0.25) is 10.2 Å². The Balaban J connectivity index is 1.23. The van der Waals surface area contributed by atoms with E-state index >= 15 is 0 Å². The van der Waals surface area contributed by atoms with Crippen LogP contribution in [0.5, 0.6) is 0 Å². The molecule has 4 nitrogen and oxygen atoms in total. The average molecular weight is 391 g/mol. The van der Waals surface area contributed by atoms with Crippen LogP contribution < -0.4 is 16.4 Å². The van der Waals surface area contributed by atoms with E-state index in [-0.39, 0.29) is 0 Å². The smallest absolute Gasteiger partial charge is 0.0486 e. The predicted octanol–water partition coefficient (Wildman–Crippen LogP) is 3.57. The summed E-state index contributed by atoms with van der Waals surface area (Å²) < 4.78 is 0. The van der Waals surface area contributed by atoms with Gasteiger partial charge in [0.25, 0.3) is 0 Å². The SMILES string of the molecule is CC1CCC(CN2CNC3CCC(C4CCC(CNCCN)CC4)CC32)CC1. The van der Waals surface area contributed by atoms with Crippen molar-refractivity contribution in [1.29, 1.82) is 0 Å². The highest BCUT2D eigenvalue weighted by Gasteiger charge is 2.42. The number of nitrogens with zero attached hydrogens (tertiary/aromatic N) is 1. The van der Waals surface area contributed by atoms with Crippen LogP contribution in [0.15, 0.2) is 0 Å². The van der Waals surface area contributed by atoms with Gasteiger partial charge < -0.3 is 11.1 Å². The van der Waals surface area contributed by atoms with Gasteiger partial charge in [-0.05, 0) is 93.9 Å². The van der Waals surface area contributed by atoms with Crippen LogP contribution >= 0.6 is 0 Å². The van der Waals surface area contributed by atoms with Gasteiger partial charge in [-0.15, -0.1) is 0 Å². The number of nitrogens with two attached hydrogens (primary N) is 1. The summed E-state index contributed by atoms with van der Waals surface area (Å²) in [5.74, 6) is 4.84. The topological polar surface area (TPSA) is 53.3 Å². The number of fused-ring (bicyclic) bond motifs is 1. The lowest BCUT2D eigenvalue weighted by Gasteiger charge is -2.42. The maximum absolute atomic E-state index is 5.61. The second-order valence-electron chi connectivity index (χ2n) is 10.8. The Bertz CT molecular complexity index is 454. The van der Waals surface area contributed by atoms with E-state index in [4.69, 9.17) is 5.73 Å². The van der Waals surface area contributed by atoms with Gasteiger partial charge in [0.1, 0.15) is 0 Å². The molecule has 1 saturated heterocycles. The summed E-state index contributed by atoms with van der Waals surface area (Å²) in [4.78, 5) is 2.86. The molecule has 0 amide bonds. The van der Waals surface area contributed by atoms with Gasteiger partial charge in [-0.2, -0.15) is 0 Å². The van der Waals surface area contributed by atoms with Crippen LogP contribution in [0.3, 0.4) is 0 Å². The van der Waals surface area contributed by atoms with Crippen molar-refractivity contribution in [2.24, 2.45) is 35.3 Å². The monoisotopic (exact) mass is 390 g/mol. The highest BCUT2D eigenvalue weighted by atomic mass is 15.3. The largest absolute Gasteiger partial charge is 0.329 e. The number of hydrogen-bond donors (Lipinski definition) is 3. The molecule has 3 unspecified atom stereocenters. The first-order valence-corrected chi connectivity index (χ1v) is 12.6. The molecule has 4 fully saturated rings. The van der Waals surface area contributed by atoms with Crippen molar-refractivity contribution in [1.82, 2.24) is 15.5 Å². The second kappa shape index (κ2) is 10.2. The first-order chi connectivity index (χ1) is 13.7. The molecule has 0 bridgehead atoms. The van der Waals surface area contributed by atoms with Crippen molar-refractivity contribution in [2.45, 2.75) is 89.6 Å². The van der Waals surface area contributed by atoms with Crippen molar-refractivity contribution < 1.29 is 0 Å². The van der Waals surface area contributed by atoms with Crippen LogP contribution in [-0.2, 0) is 0 Å². The number of nitrogens with one attached hydrogen (secondary N) is 2. The number of hydrogen-bond acceptors (Lipinski definition) is 4. The molecule has 0 aromatic rings. The zero-order valence-electron chi connectivity index (χ0n) is 18.4. The summed E-state index contributed by atoms with van der Waals surface area (Å²) in [6.45, 7) is 7.91. The fourth-order valence-corrected chi connectivity index (χ4v) is 6.92. The van der Waals surface area contributed by atoms with E-state index in [0.717, 1.165) is 61.4 Å². The molecule has 0 aromatic carbocycles. The molecular weight excluding hydrogens is 344 g/mol. The van der Waals surface area contributed by atoms with Crippen LogP contribution in [-0.4, -0.2) is 49.8 Å². The van der Waals surface area contributed by atoms with E-state index in [0.29, 0.717) is 0 Å². The molecule has 0 radical (unpaired) electrons. The van der Waals surface area contributed by atoms with Crippen LogP contribution in [0.25, 0.3) is 0 Å². The first kappa shape index (κ1) is 21.1. The molecule has 1 aliphatic heterocycles. The molecule has 3 atom stereocenters. The minimum absolute atomic E-state index is 0.768. The molecule has 4 aliphatic rings. The maximum Gasteiger partial charge on any atom is 0.0486 e. The van der Waals surface area contributed by atoms with Crippen molar-refractivity contribution >= 4 is 0 Å². The highest BCUT2D eigenvalue weighted by molar-refractivity contribution is 4.98. The molecule has 1 heterocycles. The summed E-state index contributed by atoms with van der Waals surface area (Å²) >= 11 is 0. The first-order valence-electron chi connectivity index (χ1n) is 12.6. The minimum atomic E-state index is 0.768. The van der Waals surface area contributed by atoms with Gasteiger partial charge >= 0.3 is 0 Å². The van der Waals surface area contributed by atoms with Crippen molar-refractivity contribution in [3.63, 3.8) is 0 Å². The van der Waals surface area contributed by atoms with E-state index in [9.17, 15) is 0 Å². The van der Waals surface area contributed by atoms with Gasteiger partial charge in [0.2, 0.25) is 0 Å². The Labute approximate surface area is 173 Å². The second-order valence-corrected chi connectivity index (χ2v) is 10.8. The zero-order chi connectivity index (χ0) is 19.3. The molecule has 3 saturated carbocycles. The van der Waals surface area contributed by atoms with Gasteiger partial charge in [0, 0.05) is 38.4 Å². The fourth-order valence-electron chi connectivity index (χ4n) is 6.92. The molecule has 0 aromatic heterocycles. The molecule has 28 heavy (non-hydrogen) atoms. The standard InChI is InChI=1S/C24H46N4/c1-18-2-4-20(5-3-18)16-28-17-27-23-11-10-22(14-24(23)28)21-8-6-19(7-9-21)15-26-13-12-25/h18-24,26-27H,2-17,25H2,1H3. The highest BCUT2D eigenvalue weighted by Crippen LogP contribution is 2.42. The third kappa shape index (κ3) is 5.30. The van der Waals surface area contributed by atoms with Crippen LogP contribution in [0.1, 0.15) is 77.6 Å². The van der Waals surface area contributed by atoms with Crippen molar-refractivity contribution in [3.05, 3.63) is 0 Å². The Morgan fingerprint density at radius 2 is 1.61 bits per heavy atom. The average Bonchev–Trinajstić information content (AvgIpc) is 3.12. The van der Waals surface area contributed by atoms with Crippen molar-refractivity contribution in [2.75, 3.05) is 32.8 Å². The Kier molecular flexibility index (Phi) is 7.71. The quantitative estimate of drug-likeness (QED) is 0.582. The molecular formula is C24H46N4. The third-order valence-corrected chi connectivity index (χ3v) is 8.82. The van der Waals surface area contributed by atoms with Crippen molar-refractivity contribution in [3.8, 4) is 0 Å². The molecule has 4 N–H and O–H groups in total. The van der Waals surface area contributed by atoms with Crippen LogP contribution in [0.4, 0.5) is 0 Å². The minimum Gasteiger partial charge on any atom is -0.329 e. The zero-order valence-corrected chi connectivity index (χ0v) is 18.4. The van der Waals surface area contributed by atoms with Gasteiger partial charge in [0.15, 0.2) is 0 Å². The fraction of sp³-hybridized carbons (Fsp3) is 1.00. The molecule has 0 spiro atoms. The number of rotatable bonds is 7. The van der Waals surface area contributed by atoms with Gasteiger partial charge in [-0.25, -0.2) is 0 Å². The third-order valence-electron chi connectivity index (χ3n) is 8.82. The molecule has 4 rings (SSSR count). The Morgan fingerprint density at radius 1 is 0.893 bits per heavy atom. The summed E-state index contributed by atoms with van der Waals surface area (Å²) in [5, 5.41) is 7.41. The maximum atomic E-state index is 5.61. The lowest BCUT2D eigenvalue weighted by atomic mass is 9.69. The molecule has 162 valence electrons. The summed E-state index contributed by atoms with van der Waals surface area (Å²) in [5.41, 5.74) is 5.61. The lowest BCUT2D eigenvalue weighted by molar-refractivity contribution is 0.0955. The normalized spacial score (nSPS) is 42.4. The summed E-state index contributed by atoms with van der Waals surface area (Å²) in [7, 11) is 0. The van der Waals surface area contributed by atoms with E-state index in [1.807, 2.05) is 0 Å². The van der Waals surface area contributed by atoms with Crippen LogP contribution in [0.2, 0.25) is 0 Å². The van der Waals surface area contributed by atoms with E-state index in [2.05, 4.69) is 22.5 Å². The van der Waals surface area contributed by atoms with Crippen LogP contribution in [0, 0.1) is 29.6 Å². The molecule has 3 aliphatic carbocycles. The van der Waals surface area contributed by atoms with E-state index in [1.165, 1.54) is 83.7 Å². The summed E-state index contributed by atoms with van der Waals surface area (Å²) in [6, 6.07) is 1.62. The Hall–Kier alpha value is -0.160. The predicted molar refractivity (Wildman–Crippen MR) is 118 cm³/mol. The molecule has 4 heteroatoms.